The maximum atomic E-state index is 11.4. The third-order valence-electron chi connectivity index (χ3n) is 3.23. The van der Waals surface area contributed by atoms with Crippen molar-refractivity contribution in [1.82, 2.24) is 10.6 Å². The van der Waals surface area contributed by atoms with Crippen LogP contribution in [0.2, 0.25) is 0 Å². The molecule has 0 saturated heterocycles. The Labute approximate surface area is 122 Å². The molecule has 1 saturated carbocycles. The van der Waals surface area contributed by atoms with Gasteiger partial charge in [0.1, 0.15) is 5.60 Å². The van der Waals surface area contributed by atoms with Crippen molar-refractivity contribution in [2.45, 2.75) is 64.1 Å². The van der Waals surface area contributed by atoms with Gasteiger partial charge in [0.05, 0.1) is 0 Å². The fourth-order valence-electron chi connectivity index (χ4n) is 2.18. The van der Waals surface area contributed by atoms with Gasteiger partial charge in [-0.15, -0.1) is 0 Å². The lowest BCUT2D eigenvalue weighted by Gasteiger charge is -2.26. The van der Waals surface area contributed by atoms with Gasteiger partial charge in [0, 0.05) is 25.2 Å². The Morgan fingerprint density at radius 1 is 1.20 bits per heavy atom. The second-order valence-corrected chi connectivity index (χ2v) is 6.37. The first-order valence-electron chi connectivity index (χ1n) is 7.47. The number of carbonyl (C=O) groups is 1. The van der Waals surface area contributed by atoms with E-state index in [9.17, 15) is 4.79 Å². The van der Waals surface area contributed by atoms with Gasteiger partial charge in [0.25, 0.3) is 0 Å². The molecule has 0 atom stereocenters. The van der Waals surface area contributed by atoms with E-state index in [1.807, 2.05) is 32.9 Å². The van der Waals surface area contributed by atoms with E-state index >= 15 is 0 Å². The molecule has 1 fully saturated rings. The number of nitrogens with one attached hydrogen (secondary N) is 2. The fraction of sp³-hybridized carbons (Fsp3) is 0.800. The molecule has 116 valence electrons. The van der Waals surface area contributed by atoms with Crippen LogP contribution in [0.3, 0.4) is 0 Å². The van der Waals surface area contributed by atoms with Crippen LogP contribution in [-0.4, -0.2) is 36.9 Å². The van der Waals surface area contributed by atoms with Crippen LogP contribution < -0.4 is 16.4 Å². The van der Waals surface area contributed by atoms with Crippen molar-refractivity contribution < 1.29 is 9.53 Å². The molecule has 4 N–H and O–H groups in total. The van der Waals surface area contributed by atoms with Crippen LogP contribution in [0.1, 0.15) is 46.5 Å². The molecule has 1 aliphatic carbocycles. The van der Waals surface area contributed by atoms with Crippen molar-refractivity contribution >= 4 is 6.09 Å². The fourth-order valence-corrected chi connectivity index (χ4v) is 2.18. The standard InChI is InChI=1S/C15H29N3O2/c1-15(2,3)20-14(19)18-11-5-4-10-17-13-8-6-12(16)7-9-13/h4-5,12-13,17H,6-11,16H2,1-3H3,(H,18,19)/b5-4+. The zero-order chi connectivity index (χ0) is 15.0. The summed E-state index contributed by atoms with van der Waals surface area (Å²) in [5, 5.41) is 6.17. The Morgan fingerprint density at radius 2 is 1.80 bits per heavy atom. The van der Waals surface area contributed by atoms with Crippen molar-refractivity contribution in [1.29, 1.82) is 0 Å². The average Bonchev–Trinajstić information content (AvgIpc) is 2.33. The number of amides is 1. The largest absolute Gasteiger partial charge is 0.444 e. The third kappa shape index (κ3) is 8.17. The van der Waals surface area contributed by atoms with E-state index in [1.165, 1.54) is 0 Å². The molecule has 0 bridgehead atoms. The van der Waals surface area contributed by atoms with Crippen LogP contribution in [0.25, 0.3) is 0 Å². The maximum Gasteiger partial charge on any atom is 0.407 e. The summed E-state index contributed by atoms with van der Waals surface area (Å²) in [6.07, 6.45) is 8.13. The van der Waals surface area contributed by atoms with Crippen LogP contribution in [0.4, 0.5) is 4.79 Å². The summed E-state index contributed by atoms with van der Waals surface area (Å²) < 4.78 is 5.14. The molecule has 5 nitrogen and oxygen atoms in total. The monoisotopic (exact) mass is 283 g/mol. The summed E-state index contributed by atoms with van der Waals surface area (Å²) in [5.74, 6) is 0. The predicted molar refractivity (Wildman–Crippen MR) is 81.6 cm³/mol. The van der Waals surface area contributed by atoms with Crippen LogP contribution in [0, 0.1) is 0 Å². The second kappa shape index (κ2) is 8.27. The average molecular weight is 283 g/mol. The quantitative estimate of drug-likeness (QED) is 0.674. The van der Waals surface area contributed by atoms with E-state index in [-0.39, 0.29) is 6.09 Å². The Bertz CT molecular complexity index is 316. The highest BCUT2D eigenvalue weighted by Gasteiger charge is 2.17. The van der Waals surface area contributed by atoms with E-state index in [4.69, 9.17) is 10.5 Å². The van der Waals surface area contributed by atoms with Crippen molar-refractivity contribution in [3.05, 3.63) is 12.2 Å². The molecule has 0 unspecified atom stereocenters. The van der Waals surface area contributed by atoms with Gasteiger partial charge in [0.2, 0.25) is 0 Å². The molecule has 0 aromatic carbocycles. The van der Waals surface area contributed by atoms with Crippen molar-refractivity contribution in [3.8, 4) is 0 Å². The van der Waals surface area contributed by atoms with Crippen molar-refractivity contribution in [2.75, 3.05) is 13.1 Å². The van der Waals surface area contributed by atoms with Crippen LogP contribution in [0.15, 0.2) is 12.2 Å². The molecule has 1 aliphatic rings. The molecule has 0 spiro atoms. The number of carbonyl (C=O) groups excluding carboxylic acids is 1. The Morgan fingerprint density at radius 3 is 2.40 bits per heavy atom. The maximum absolute atomic E-state index is 11.4. The highest BCUT2D eigenvalue weighted by atomic mass is 16.6. The number of hydrogen-bond acceptors (Lipinski definition) is 4. The summed E-state index contributed by atoms with van der Waals surface area (Å²) >= 11 is 0. The summed E-state index contributed by atoms with van der Waals surface area (Å²) in [5.41, 5.74) is 5.42. The zero-order valence-electron chi connectivity index (χ0n) is 12.9. The lowest BCUT2D eigenvalue weighted by atomic mass is 9.92. The minimum Gasteiger partial charge on any atom is -0.444 e. The topological polar surface area (TPSA) is 76.4 Å². The number of rotatable bonds is 5. The normalized spacial score (nSPS) is 23.8. The molecular formula is C15H29N3O2. The van der Waals surface area contributed by atoms with E-state index in [0.29, 0.717) is 18.6 Å². The number of alkyl carbamates (subject to hydrolysis) is 1. The molecule has 0 radical (unpaired) electrons. The first kappa shape index (κ1) is 17.0. The molecule has 1 rings (SSSR count). The SMILES string of the molecule is CC(C)(C)OC(=O)NC/C=C/CNC1CCC(N)CC1. The third-order valence-corrected chi connectivity index (χ3v) is 3.23. The van der Waals surface area contributed by atoms with Gasteiger partial charge < -0.3 is 21.1 Å². The summed E-state index contributed by atoms with van der Waals surface area (Å²) in [7, 11) is 0. The Balaban J connectivity index is 2.03. The zero-order valence-corrected chi connectivity index (χ0v) is 12.9. The first-order chi connectivity index (χ1) is 9.37. The molecule has 20 heavy (non-hydrogen) atoms. The molecular weight excluding hydrogens is 254 g/mol. The molecule has 0 aliphatic heterocycles. The van der Waals surface area contributed by atoms with Crippen LogP contribution in [-0.2, 0) is 4.74 Å². The molecule has 1 amide bonds. The number of ether oxygens (including phenoxy) is 1. The van der Waals surface area contributed by atoms with E-state index in [0.717, 1.165) is 32.2 Å². The van der Waals surface area contributed by atoms with Crippen LogP contribution >= 0.6 is 0 Å². The van der Waals surface area contributed by atoms with Crippen LogP contribution in [0.5, 0.6) is 0 Å². The van der Waals surface area contributed by atoms with Gasteiger partial charge >= 0.3 is 6.09 Å². The van der Waals surface area contributed by atoms with E-state index in [1.54, 1.807) is 0 Å². The van der Waals surface area contributed by atoms with Gasteiger partial charge in [-0.25, -0.2) is 4.79 Å². The van der Waals surface area contributed by atoms with Gasteiger partial charge in [-0.05, 0) is 46.5 Å². The minimum atomic E-state index is -0.447. The highest BCUT2D eigenvalue weighted by molar-refractivity contribution is 5.67. The van der Waals surface area contributed by atoms with Crippen molar-refractivity contribution in [2.24, 2.45) is 5.73 Å². The van der Waals surface area contributed by atoms with Gasteiger partial charge in [-0.2, -0.15) is 0 Å². The minimum absolute atomic E-state index is 0.378. The van der Waals surface area contributed by atoms with Gasteiger partial charge in [-0.1, -0.05) is 12.2 Å². The highest BCUT2D eigenvalue weighted by Crippen LogP contribution is 2.16. The van der Waals surface area contributed by atoms with Gasteiger partial charge in [0.15, 0.2) is 0 Å². The number of hydrogen-bond donors (Lipinski definition) is 3. The summed E-state index contributed by atoms with van der Waals surface area (Å²) in [6.45, 7) is 6.87. The predicted octanol–water partition coefficient (Wildman–Crippen LogP) is 1.93. The lowest BCUT2D eigenvalue weighted by molar-refractivity contribution is 0.0534. The van der Waals surface area contributed by atoms with Gasteiger partial charge in [-0.3, -0.25) is 0 Å². The summed E-state index contributed by atoms with van der Waals surface area (Å²) in [6, 6.07) is 0.972. The number of nitrogens with two attached hydrogens (primary N) is 1. The van der Waals surface area contributed by atoms with Crippen molar-refractivity contribution in [3.63, 3.8) is 0 Å². The van der Waals surface area contributed by atoms with E-state index in [2.05, 4.69) is 10.6 Å². The smallest absolute Gasteiger partial charge is 0.407 e. The Kier molecular flexibility index (Phi) is 7.02. The lowest BCUT2D eigenvalue weighted by Crippen LogP contribution is -2.37. The second-order valence-electron chi connectivity index (χ2n) is 6.37. The van der Waals surface area contributed by atoms with E-state index < -0.39 is 5.60 Å². The molecule has 0 aromatic heterocycles. The first-order valence-corrected chi connectivity index (χ1v) is 7.47. The summed E-state index contributed by atoms with van der Waals surface area (Å²) in [4.78, 5) is 11.4. The molecule has 5 heteroatoms. The molecule has 0 heterocycles. The Hall–Kier alpha value is -1.07. The molecule has 0 aromatic rings.